The van der Waals surface area contributed by atoms with Gasteiger partial charge < -0.3 is 10.4 Å². The molecule has 1 aromatic carbocycles. The van der Waals surface area contributed by atoms with Gasteiger partial charge in [-0.3, -0.25) is 0 Å². The molecule has 0 bridgehead atoms. The molecule has 2 aromatic rings. The van der Waals surface area contributed by atoms with Gasteiger partial charge in [-0.05, 0) is 52.7 Å². The third-order valence-electron chi connectivity index (χ3n) is 2.53. The normalized spacial score (nSPS) is 10.4. The molecule has 0 unspecified atom stereocenters. The maximum Gasteiger partial charge on any atom is 0.337 e. The summed E-state index contributed by atoms with van der Waals surface area (Å²) in [5, 5.41) is 12.3. The van der Waals surface area contributed by atoms with Crippen molar-refractivity contribution in [3.05, 3.63) is 49.6 Å². The average Bonchev–Trinajstić information content (AvgIpc) is 2.75. The highest BCUT2D eigenvalue weighted by molar-refractivity contribution is 9.11. The van der Waals surface area contributed by atoms with Gasteiger partial charge in [0, 0.05) is 17.1 Å². The number of carboxylic acids is 1. The Morgan fingerprint density at radius 3 is 2.74 bits per heavy atom. The summed E-state index contributed by atoms with van der Waals surface area (Å²) >= 11 is 11.0. The van der Waals surface area contributed by atoms with E-state index in [4.69, 9.17) is 16.7 Å². The van der Waals surface area contributed by atoms with E-state index >= 15 is 0 Å². The molecule has 2 rings (SSSR count). The second-order valence-electron chi connectivity index (χ2n) is 3.88. The quantitative estimate of drug-likeness (QED) is 0.824. The Kier molecular flexibility index (Phi) is 4.85. The maximum atomic E-state index is 10.8. The van der Waals surface area contributed by atoms with E-state index in [0.29, 0.717) is 0 Å². The number of nitrogens with one attached hydrogen (secondary N) is 1. The first-order chi connectivity index (χ1) is 9.06. The lowest BCUT2D eigenvalue weighted by Gasteiger charge is -2.07. The molecule has 1 aromatic heterocycles. The number of benzene rings is 1. The van der Waals surface area contributed by atoms with E-state index in [1.165, 1.54) is 10.9 Å². The van der Waals surface area contributed by atoms with Crippen LogP contribution in [0.1, 0.15) is 15.2 Å². The van der Waals surface area contributed by atoms with Gasteiger partial charge in [-0.25, -0.2) is 4.79 Å². The summed E-state index contributed by atoms with van der Waals surface area (Å²) in [6.45, 7) is 0.774. The molecule has 0 fully saturated rings. The fourth-order valence-electron chi connectivity index (χ4n) is 1.61. The van der Waals surface area contributed by atoms with Crippen LogP contribution < -0.4 is 5.32 Å². The van der Waals surface area contributed by atoms with Crippen molar-refractivity contribution < 1.29 is 9.90 Å². The van der Waals surface area contributed by atoms with Gasteiger partial charge in [-0.1, -0.05) is 11.6 Å². The number of carbonyl (C=O) groups is 1. The van der Waals surface area contributed by atoms with Crippen LogP contribution in [-0.2, 0) is 6.42 Å². The van der Waals surface area contributed by atoms with Crippen LogP contribution in [0.4, 0.5) is 5.69 Å². The van der Waals surface area contributed by atoms with Crippen LogP contribution in [0.3, 0.4) is 0 Å². The van der Waals surface area contributed by atoms with E-state index in [1.54, 1.807) is 23.5 Å². The monoisotopic (exact) mass is 359 g/mol. The Morgan fingerprint density at radius 2 is 2.16 bits per heavy atom. The van der Waals surface area contributed by atoms with Gasteiger partial charge in [0.05, 0.1) is 14.4 Å². The van der Waals surface area contributed by atoms with Crippen molar-refractivity contribution in [2.24, 2.45) is 0 Å². The van der Waals surface area contributed by atoms with E-state index in [-0.39, 0.29) is 10.6 Å². The van der Waals surface area contributed by atoms with Gasteiger partial charge in [0.15, 0.2) is 0 Å². The summed E-state index contributed by atoms with van der Waals surface area (Å²) < 4.78 is 1.12. The Hall–Kier alpha value is -1.04. The van der Waals surface area contributed by atoms with Crippen LogP contribution in [-0.4, -0.2) is 17.6 Å². The van der Waals surface area contributed by atoms with E-state index in [2.05, 4.69) is 27.3 Å². The van der Waals surface area contributed by atoms with Crippen molar-refractivity contribution >= 4 is 50.5 Å². The van der Waals surface area contributed by atoms with Crippen molar-refractivity contribution in [2.75, 3.05) is 11.9 Å². The first-order valence-electron chi connectivity index (χ1n) is 5.57. The van der Waals surface area contributed by atoms with Crippen molar-refractivity contribution in [1.29, 1.82) is 0 Å². The fourth-order valence-corrected chi connectivity index (χ4v) is 3.36. The number of anilines is 1. The molecule has 0 aliphatic heterocycles. The van der Waals surface area contributed by atoms with E-state index < -0.39 is 5.97 Å². The predicted molar refractivity (Wildman–Crippen MR) is 82.6 cm³/mol. The van der Waals surface area contributed by atoms with Crippen LogP contribution in [0.2, 0.25) is 5.02 Å². The minimum Gasteiger partial charge on any atom is -0.478 e. The van der Waals surface area contributed by atoms with Crippen LogP contribution in [0, 0.1) is 0 Å². The highest BCUT2D eigenvalue weighted by Gasteiger charge is 2.08. The van der Waals surface area contributed by atoms with Gasteiger partial charge in [0.1, 0.15) is 0 Å². The van der Waals surface area contributed by atoms with E-state index in [1.807, 2.05) is 6.07 Å². The summed E-state index contributed by atoms with van der Waals surface area (Å²) in [7, 11) is 0. The van der Waals surface area contributed by atoms with E-state index in [9.17, 15) is 4.79 Å². The highest BCUT2D eigenvalue weighted by Crippen LogP contribution is 2.23. The molecule has 0 amide bonds. The topological polar surface area (TPSA) is 49.3 Å². The molecule has 19 heavy (non-hydrogen) atoms. The molecule has 2 N–H and O–H groups in total. The lowest BCUT2D eigenvalue weighted by Crippen LogP contribution is -2.05. The summed E-state index contributed by atoms with van der Waals surface area (Å²) in [5.74, 6) is -1.01. The number of aromatic carboxylic acids is 1. The van der Waals surface area contributed by atoms with Crippen molar-refractivity contribution in [2.45, 2.75) is 6.42 Å². The zero-order chi connectivity index (χ0) is 13.8. The average molecular weight is 361 g/mol. The number of halogens is 2. The molecule has 1 heterocycles. The number of hydrogen-bond donors (Lipinski definition) is 2. The third kappa shape index (κ3) is 3.96. The van der Waals surface area contributed by atoms with Crippen molar-refractivity contribution in [3.8, 4) is 0 Å². The van der Waals surface area contributed by atoms with Crippen molar-refractivity contribution in [1.82, 2.24) is 0 Å². The smallest absolute Gasteiger partial charge is 0.337 e. The standard InChI is InChI=1S/C13H11BrClNO2S/c14-12-4-2-9(19-12)5-6-16-8-1-3-10(13(17)18)11(15)7-8/h1-4,7,16H,5-6H2,(H,17,18). The summed E-state index contributed by atoms with van der Waals surface area (Å²) in [4.78, 5) is 12.1. The van der Waals surface area contributed by atoms with Gasteiger partial charge >= 0.3 is 5.97 Å². The summed E-state index contributed by atoms with van der Waals surface area (Å²) in [6.07, 6.45) is 0.911. The lowest BCUT2D eigenvalue weighted by atomic mass is 10.2. The van der Waals surface area contributed by atoms with Crippen LogP contribution in [0.25, 0.3) is 0 Å². The summed E-state index contributed by atoms with van der Waals surface area (Å²) in [6, 6.07) is 8.97. The molecule has 0 aliphatic rings. The van der Waals surface area contributed by atoms with E-state index in [0.717, 1.165) is 22.4 Å². The largest absolute Gasteiger partial charge is 0.478 e. The molecule has 0 aliphatic carbocycles. The molecule has 0 atom stereocenters. The van der Waals surface area contributed by atoms with Gasteiger partial charge in [0.25, 0.3) is 0 Å². The summed E-state index contributed by atoms with van der Waals surface area (Å²) in [5.41, 5.74) is 0.944. The van der Waals surface area contributed by atoms with Crippen molar-refractivity contribution in [3.63, 3.8) is 0 Å². The first kappa shape index (κ1) is 14.4. The first-order valence-corrected chi connectivity index (χ1v) is 7.56. The Morgan fingerprint density at radius 1 is 1.37 bits per heavy atom. The predicted octanol–water partition coefficient (Wildman–Crippen LogP) is 4.52. The molecule has 6 heteroatoms. The second-order valence-corrected chi connectivity index (χ2v) is 6.84. The highest BCUT2D eigenvalue weighted by atomic mass is 79.9. The lowest BCUT2D eigenvalue weighted by molar-refractivity contribution is 0.0697. The zero-order valence-electron chi connectivity index (χ0n) is 9.82. The molecule has 100 valence electrons. The molecule has 0 saturated carbocycles. The Bertz CT molecular complexity index is 600. The SMILES string of the molecule is O=C(O)c1ccc(NCCc2ccc(Br)s2)cc1Cl. The maximum absolute atomic E-state index is 10.8. The van der Waals surface area contributed by atoms with Crippen LogP contribution in [0.5, 0.6) is 0 Å². The van der Waals surface area contributed by atoms with Gasteiger partial charge in [-0.2, -0.15) is 0 Å². The third-order valence-corrected chi connectivity index (χ3v) is 4.53. The fraction of sp³-hybridized carbons (Fsp3) is 0.154. The van der Waals surface area contributed by atoms with Gasteiger partial charge in [0.2, 0.25) is 0 Å². The molecular formula is C13H11BrClNO2S. The minimum atomic E-state index is -1.01. The minimum absolute atomic E-state index is 0.120. The second kappa shape index (κ2) is 6.41. The number of carboxylic acid groups (broad SMARTS) is 1. The Balaban J connectivity index is 1.93. The van der Waals surface area contributed by atoms with Gasteiger partial charge in [-0.15, -0.1) is 11.3 Å². The molecule has 0 radical (unpaired) electrons. The van der Waals surface area contributed by atoms with Crippen LogP contribution in [0.15, 0.2) is 34.1 Å². The number of hydrogen-bond acceptors (Lipinski definition) is 3. The zero-order valence-corrected chi connectivity index (χ0v) is 13.0. The molecule has 0 saturated heterocycles. The molecule has 3 nitrogen and oxygen atoms in total. The molecular weight excluding hydrogens is 350 g/mol. The number of thiophene rings is 1. The Labute approximate surface area is 128 Å². The molecule has 0 spiro atoms. The van der Waals surface area contributed by atoms with Crippen LogP contribution >= 0.6 is 38.9 Å². The number of rotatable bonds is 5.